The Balaban J connectivity index is 0.00000924. The number of thiophene rings is 1. The molecule has 16 heteroatoms. The molecule has 1 atom stereocenters. The largest absolute Gasteiger partial charge is 1.00 e. The number of carboxylic acids is 1. The third-order valence-corrected chi connectivity index (χ3v) is 10.8. The summed E-state index contributed by atoms with van der Waals surface area (Å²) in [6.07, 6.45) is 13.7. The zero-order valence-corrected chi connectivity index (χ0v) is 29.6. The fraction of sp³-hybridized carbons (Fsp3) is 0.667. The average molecular weight is 673 g/mol. The van der Waals surface area contributed by atoms with E-state index >= 15 is 0 Å². The summed E-state index contributed by atoms with van der Waals surface area (Å²) >= 11 is 1.01. The molecule has 2 aromatic heterocycles. The molecule has 1 unspecified atom stereocenters. The van der Waals surface area contributed by atoms with Gasteiger partial charge in [0.25, 0.3) is 20.1 Å². The normalized spacial score (nSPS) is 12.5. The van der Waals surface area contributed by atoms with Gasteiger partial charge in [-0.3, -0.25) is 4.55 Å². The molecule has 2 rings (SSSR count). The van der Waals surface area contributed by atoms with Crippen LogP contribution in [0.4, 0.5) is 0 Å². The number of carbonyl (C=O) groups excluding carboxylic acids is 2. The van der Waals surface area contributed by atoms with Crippen molar-refractivity contribution in [3.8, 4) is 11.3 Å². The summed E-state index contributed by atoms with van der Waals surface area (Å²) in [5, 5.41) is 12.3. The van der Waals surface area contributed by atoms with Gasteiger partial charge in [-0.15, -0.1) is 11.3 Å². The predicted octanol–water partition coefficient (Wildman–Crippen LogP) is 1.35. The Morgan fingerprint density at radius 3 is 2.05 bits per heavy atom. The van der Waals surface area contributed by atoms with Crippen molar-refractivity contribution >= 4 is 43.4 Å². The topological polar surface area (TPSA) is 193 Å². The maximum Gasteiger partial charge on any atom is 1.00 e. The zero-order valence-electron chi connectivity index (χ0n) is 25.1. The molecule has 0 radical (unpaired) electrons. The molecule has 0 saturated carbocycles. The van der Waals surface area contributed by atoms with Crippen molar-refractivity contribution < 1.29 is 75.0 Å². The van der Waals surface area contributed by atoms with Crippen LogP contribution in [-0.4, -0.2) is 43.7 Å². The van der Waals surface area contributed by atoms with Crippen LogP contribution in [0.25, 0.3) is 11.3 Å². The molecule has 0 aliphatic rings. The molecule has 0 aliphatic carbocycles. The Kier molecular flexibility index (Phi) is 18.4. The third kappa shape index (κ3) is 13.3. The number of hydrogen-bond acceptors (Lipinski definition) is 11. The second-order valence-corrected chi connectivity index (χ2v) is 14.7. The van der Waals surface area contributed by atoms with E-state index < -0.39 is 43.8 Å². The maximum atomic E-state index is 13.4. The summed E-state index contributed by atoms with van der Waals surface area (Å²) in [7, 11) is -9.83. The van der Waals surface area contributed by atoms with Crippen molar-refractivity contribution in [2.45, 2.75) is 120 Å². The Morgan fingerprint density at radius 2 is 1.53 bits per heavy atom. The van der Waals surface area contributed by atoms with Crippen LogP contribution < -0.4 is 39.5 Å². The summed E-state index contributed by atoms with van der Waals surface area (Å²) < 4.78 is 63.9. The monoisotopic (exact) mass is 672 g/mol. The smallest absolute Gasteiger partial charge is 0.550 e. The maximum absolute atomic E-state index is 13.4. The summed E-state index contributed by atoms with van der Waals surface area (Å²) in [5.41, 5.74) is 1.41. The molecule has 0 spiro atoms. The van der Waals surface area contributed by atoms with Crippen LogP contribution in [0.1, 0.15) is 108 Å². The van der Waals surface area contributed by atoms with Crippen LogP contribution >= 0.6 is 11.3 Å². The van der Waals surface area contributed by atoms with Gasteiger partial charge in [0.05, 0.1) is 0 Å². The van der Waals surface area contributed by atoms with Gasteiger partial charge in [-0.05, 0) is 36.1 Å². The summed E-state index contributed by atoms with van der Waals surface area (Å²) in [4.78, 5) is 30.1. The number of sulfonamides is 1. The number of carboxylic acid groups (broad SMARTS) is 1. The number of nitrogens with zero attached hydrogens (tertiary/aromatic N) is 1. The van der Waals surface area contributed by atoms with Crippen molar-refractivity contribution in [3.63, 3.8) is 0 Å². The number of aryl methyl sites for hydroxylation is 1. The molecule has 0 fully saturated rings. The van der Waals surface area contributed by atoms with Gasteiger partial charge in [0.1, 0.15) is 16.2 Å². The molecule has 0 saturated heterocycles. The van der Waals surface area contributed by atoms with E-state index in [9.17, 15) is 36.1 Å². The van der Waals surface area contributed by atoms with Crippen LogP contribution in [0.15, 0.2) is 21.1 Å². The minimum absolute atomic E-state index is 0. The SMILES string of the molecule is CCCCCCCCc1sc(S(=O)(=O)NOC(=O)C(CC(=O)[O-])S(=O)(=O)O)c(-c2ccon2)c1CCCCCCCC.[Na+]. The van der Waals surface area contributed by atoms with Gasteiger partial charge < -0.3 is 19.3 Å². The van der Waals surface area contributed by atoms with Gasteiger partial charge in [0.15, 0.2) is 5.25 Å². The molecule has 0 bridgehead atoms. The first-order valence-electron chi connectivity index (χ1n) is 14.4. The van der Waals surface area contributed by atoms with E-state index in [1.165, 1.54) is 12.3 Å². The number of unbranched alkanes of at least 4 members (excludes halogenated alkanes) is 10. The molecule has 2 aromatic rings. The van der Waals surface area contributed by atoms with E-state index in [0.717, 1.165) is 98.8 Å². The molecule has 12 nitrogen and oxygen atoms in total. The third-order valence-electron chi connectivity index (χ3n) is 6.76. The van der Waals surface area contributed by atoms with E-state index in [-0.39, 0.29) is 39.5 Å². The predicted molar refractivity (Wildman–Crippen MR) is 155 cm³/mol. The van der Waals surface area contributed by atoms with E-state index in [0.29, 0.717) is 18.4 Å². The Bertz CT molecular complexity index is 1340. The van der Waals surface area contributed by atoms with E-state index in [1.807, 2.05) is 0 Å². The van der Waals surface area contributed by atoms with Crippen LogP contribution in [0, 0.1) is 0 Å². The van der Waals surface area contributed by atoms with Gasteiger partial charge >= 0.3 is 35.5 Å². The van der Waals surface area contributed by atoms with Crippen molar-refractivity contribution in [2.75, 3.05) is 0 Å². The Morgan fingerprint density at radius 1 is 0.977 bits per heavy atom. The average Bonchev–Trinajstić information content (AvgIpc) is 3.58. The molecule has 0 aliphatic heterocycles. The first kappa shape index (κ1) is 39.7. The molecule has 2 heterocycles. The van der Waals surface area contributed by atoms with E-state index in [4.69, 9.17) is 4.52 Å². The number of hydrogen-bond donors (Lipinski definition) is 2. The quantitative estimate of drug-likeness (QED) is 0.0794. The molecule has 238 valence electrons. The van der Waals surface area contributed by atoms with Gasteiger partial charge in [-0.25, -0.2) is 13.2 Å². The van der Waals surface area contributed by atoms with E-state index in [1.54, 1.807) is 4.89 Å². The van der Waals surface area contributed by atoms with Crippen molar-refractivity contribution in [1.29, 1.82) is 0 Å². The van der Waals surface area contributed by atoms with Gasteiger partial charge in [-0.2, -0.15) is 8.42 Å². The zero-order chi connectivity index (χ0) is 31.2. The molecule has 43 heavy (non-hydrogen) atoms. The summed E-state index contributed by atoms with van der Waals surface area (Å²) in [6, 6.07) is 1.53. The fourth-order valence-corrected chi connectivity index (χ4v) is 7.92. The van der Waals surface area contributed by atoms with Crippen molar-refractivity contribution in [2.24, 2.45) is 0 Å². The minimum atomic E-state index is -5.23. The molecule has 0 amide bonds. The first-order chi connectivity index (χ1) is 19.9. The molecular formula is C27H41N2NaO10S3. The van der Waals surface area contributed by atoms with Crippen LogP contribution in [0.3, 0.4) is 0 Å². The van der Waals surface area contributed by atoms with Gasteiger partial charge in [0, 0.05) is 28.9 Å². The van der Waals surface area contributed by atoms with Crippen molar-refractivity contribution in [3.05, 3.63) is 22.8 Å². The van der Waals surface area contributed by atoms with Crippen molar-refractivity contribution in [1.82, 2.24) is 10.0 Å². The van der Waals surface area contributed by atoms with E-state index in [2.05, 4.69) is 23.8 Å². The number of carbonyl (C=O) groups is 2. The van der Waals surface area contributed by atoms with Gasteiger partial charge in [0.2, 0.25) is 0 Å². The molecule has 2 N–H and O–H groups in total. The minimum Gasteiger partial charge on any atom is -0.550 e. The number of aromatic nitrogens is 1. The number of rotatable bonds is 22. The second-order valence-electron chi connectivity index (χ2n) is 10.2. The fourth-order valence-electron chi connectivity index (χ4n) is 4.55. The van der Waals surface area contributed by atoms with Gasteiger partial charge in [-0.1, -0.05) is 83.2 Å². The van der Waals surface area contributed by atoms with Crippen LogP contribution in [-0.2, 0) is 47.4 Å². The summed E-state index contributed by atoms with van der Waals surface area (Å²) in [6.45, 7) is 4.29. The number of nitrogens with one attached hydrogen (secondary N) is 1. The Hall–Kier alpha value is -1.33. The first-order valence-corrected chi connectivity index (χ1v) is 18.2. The van der Waals surface area contributed by atoms with Crippen LogP contribution in [0.5, 0.6) is 0 Å². The second kappa shape index (κ2) is 19.9. The molecular weight excluding hydrogens is 631 g/mol. The standard InChI is InChI=1S/C27H42N2O10S3.Na/c1-3-5-7-9-11-13-15-20-22(16-14-12-10-8-6-4-2)40-27(25(20)21-17-18-38-28-21)41(33,34)29-39-26(32)23(19-24(30)31)42(35,36)37;/h17-18,23,29H,3-16,19H2,1-2H3,(H,30,31)(H,35,36,37);/q;+1/p-1. The molecule has 0 aromatic carbocycles. The number of aliphatic carboxylic acids is 1. The summed E-state index contributed by atoms with van der Waals surface area (Å²) in [5.74, 6) is -3.77. The Labute approximate surface area is 280 Å². The van der Waals surface area contributed by atoms with Crippen LogP contribution in [0.2, 0.25) is 0 Å².